The van der Waals surface area contributed by atoms with Crippen molar-refractivity contribution in [3.05, 3.63) is 60.5 Å². The van der Waals surface area contributed by atoms with Gasteiger partial charge in [-0.25, -0.2) is 9.67 Å². The van der Waals surface area contributed by atoms with Gasteiger partial charge in [0.15, 0.2) is 11.4 Å². The van der Waals surface area contributed by atoms with Gasteiger partial charge in [0.25, 0.3) is 5.91 Å². The minimum Gasteiger partial charge on any atom is -0.463 e. The lowest BCUT2D eigenvalue weighted by atomic mass is 10.1. The Morgan fingerprint density at radius 1 is 1.12 bits per heavy atom. The van der Waals surface area contributed by atoms with Crippen LogP contribution in [0.15, 0.2) is 59.3 Å². The molecule has 0 bridgehead atoms. The molecule has 4 heterocycles. The van der Waals surface area contributed by atoms with Crippen LogP contribution in [0.5, 0.6) is 0 Å². The fourth-order valence-electron chi connectivity index (χ4n) is 4.41. The summed E-state index contributed by atoms with van der Waals surface area (Å²) in [6.45, 7) is 11.6. The summed E-state index contributed by atoms with van der Waals surface area (Å²) in [6.07, 6.45) is 3.31. The molecule has 4 aromatic rings. The third-order valence-corrected chi connectivity index (χ3v) is 6.38. The Morgan fingerprint density at radius 3 is 2.53 bits per heavy atom. The first kappa shape index (κ1) is 22.2. The lowest BCUT2D eigenvalue weighted by molar-refractivity contribution is 0.102. The minimum atomic E-state index is -0.201. The molecule has 0 radical (unpaired) electrons. The Labute approximate surface area is 199 Å². The molecular weight excluding hydrogens is 428 g/mol. The summed E-state index contributed by atoms with van der Waals surface area (Å²) in [7, 11) is 0. The standard InChI is InChI=1S/C26H30N6O2/c1-4-30-11-13-31(14-12-30)20-9-7-19(8-10-20)28-26(33)21-16-23(24-6-5-15-34-24)29-25-22(21)17-27-32(25)18(2)3/h5-10,15-18H,4,11-14H2,1-3H3,(H,28,33). The van der Waals surface area contributed by atoms with E-state index in [4.69, 9.17) is 9.40 Å². The lowest BCUT2D eigenvalue weighted by Gasteiger charge is -2.35. The summed E-state index contributed by atoms with van der Waals surface area (Å²) < 4.78 is 7.38. The fourth-order valence-corrected chi connectivity index (χ4v) is 4.41. The second kappa shape index (κ2) is 9.30. The third kappa shape index (κ3) is 4.28. The molecule has 176 valence electrons. The molecule has 5 rings (SSSR count). The highest BCUT2D eigenvalue weighted by molar-refractivity contribution is 6.12. The SMILES string of the molecule is CCN1CCN(c2ccc(NC(=O)c3cc(-c4ccco4)nc4c3cnn4C(C)C)cc2)CC1. The van der Waals surface area contributed by atoms with Crippen LogP contribution in [0.25, 0.3) is 22.5 Å². The molecule has 1 aromatic carbocycles. The van der Waals surface area contributed by atoms with Gasteiger partial charge < -0.3 is 19.5 Å². The Kier molecular flexibility index (Phi) is 6.06. The summed E-state index contributed by atoms with van der Waals surface area (Å²) in [5.74, 6) is 0.410. The van der Waals surface area contributed by atoms with Gasteiger partial charge in [-0.3, -0.25) is 4.79 Å². The number of amides is 1. The van der Waals surface area contributed by atoms with Crippen LogP contribution in [-0.4, -0.2) is 58.3 Å². The second-order valence-electron chi connectivity index (χ2n) is 8.87. The normalized spacial score (nSPS) is 14.8. The number of likely N-dealkylation sites (N-methyl/N-ethyl adjacent to an activating group) is 1. The first-order valence-electron chi connectivity index (χ1n) is 11.8. The fraction of sp³-hybridized carbons (Fsp3) is 0.346. The number of carbonyl (C=O) groups is 1. The molecule has 1 aliphatic rings. The van der Waals surface area contributed by atoms with Crippen LogP contribution in [0.1, 0.15) is 37.2 Å². The summed E-state index contributed by atoms with van der Waals surface area (Å²) in [6, 6.07) is 13.6. The largest absolute Gasteiger partial charge is 0.463 e. The molecule has 3 aromatic heterocycles. The Bertz CT molecular complexity index is 1270. The van der Waals surface area contributed by atoms with Crippen molar-refractivity contribution in [3.8, 4) is 11.5 Å². The zero-order valence-corrected chi connectivity index (χ0v) is 19.9. The van der Waals surface area contributed by atoms with Crippen LogP contribution < -0.4 is 10.2 Å². The number of anilines is 2. The van der Waals surface area contributed by atoms with Crippen molar-refractivity contribution in [1.29, 1.82) is 0 Å². The number of carbonyl (C=O) groups excluding carboxylic acids is 1. The number of nitrogens with one attached hydrogen (secondary N) is 1. The van der Waals surface area contributed by atoms with E-state index in [0.717, 1.165) is 38.4 Å². The van der Waals surface area contributed by atoms with Crippen molar-refractivity contribution in [2.75, 3.05) is 42.9 Å². The van der Waals surface area contributed by atoms with E-state index in [2.05, 4.69) is 39.3 Å². The van der Waals surface area contributed by atoms with E-state index in [9.17, 15) is 4.79 Å². The number of pyridine rings is 1. The zero-order chi connectivity index (χ0) is 23.7. The number of rotatable bonds is 6. The zero-order valence-electron chi connectivity index (χ0n) is 19.9. The number of aromatic nitrogens is 3. The molecule has 1 saturated heterocycles. The van der Waals surface area contributed by atoms with Gasteiger partial charge in [-0.2, -0.15) is 5.10 Å². The predicted molar refractivity (Wildman–Crippen MR) is 134 cm³/mol. The summed E-state index contributed by atoms with van der Waals surface area (Å²) in [5.41, 5.74) is 3.71. The van der Waals surface area contributed by atoms with Crippen molar-refractivity contribution >= 4 is 28.3 Å². The van der Waals surface area contributed by atoms with Crippen LogP contribution in [-0.2, 0) is 0 Å². The molecule has 0 spiro atoms. The number of nitrogens with zero attached hydrogens (tertiary/aromatic N) is 5. The maximum atomic E-state index is 13.4. The third-order valence-electron chi connectivity index (χ3n) is 6.38. The molecule has 8 heteroatoms. The van der Waals surface area contributed by atoms with Crippen LogP contribution in [0.4, 0.5) is 11.4 Å². The molecular formula is C26H30N6O2. The second-order valence-corrected chi connectivity index (χ2v) is 8.87. The van der Waals surface area contributed by atoms with E-state index in [1.807, 2.05) is 42.8 Å². The molecule has 34 heavy (non-hydrogen) atoms. The van der Waals surface area contributed by atoms with Gasteiger partial charge in [0.2, 0.25) is 0 Å². The van der Waals surface area contributed by atoms with Crippen LogP contribution in [0.2, 0.25) is 0 Å². The van der Waals surface area contributed by atoms with E-state index < -0.39 is 0 Å². The number of furan rings is 1. The maximum absolute atomic E-state index is 13.4. The van der Waals surface area contributed by atoms with Crippen molar-refractivity contribution in [2.45, 2.75) is 26.8 Å². The van der Waals surface area contributed by atoms with Crippen molar-refractivity contribution in [1.82, 2.24) is 19.7 Å². The summed E-state index contributed by atoms with van der Waals surface area (Å²) in [5, 5.41) is 8.24. The lowest BCUT2D eigenvalue weighted by Crippen LogP contribution is -2.46. The number of hydrogen-bond acceptors (Lipinski definition) is 6. The molecule has 0 unspecified atom stereocenters. The average Bonchev–Trinajstić information content (AvgIpc) is 3.54. The van der Waals surface area contributed by atoms with Crippen molar-refractivity contribution in [2.24, 2.45) is 0 Å². The molecule has 0 aliphatic carbocycles. The van der Waals surface area contributed by atoms with Gasteiger partial charge in [-0.05, 0) is 62.9 Å². The highest BCUT2D eigenvalue weighted by Gasteiger charge is 2.20. The molecule has 0 saturated carbocycles. The first-order chi connectivity index (χ1) is 16.5. The van der Waals surface area contributed by atoms with Crippen LogP contribution in [0, 0.1) is 0 Å². The molecule has 1 amide bonds. The maximum Gasteiger partial charge on any atom is 0.256 e. The minimum absolute atomic E-state index is 0.111. The summed E-state index contributed by atoms with van der Waals surface area (Å²) >= 11 is 0. The quantitative estimate of drug-likeness (QED) is 0.452. The van der Waals surface area contributed by atoms with Gasteiger partial charge in [0.1, 0.15) is 5.69 Å². The van der Waals surface area contributed by atoms with E-state index in [0.29, 0.717) is 28.1 Å². The van der Waals surface area contributed by atoms with E-state index in [-0.39, 0.29) is 11.9 Å². The van der Waals surface area contributed by atoms with Gasteiger partial charge in [-0.15, -0.1) is 0 Å². The smallest absolute Gasteiger partial charge is 0.256 e. The topological polar surface area (TPSA) is 79.4 Å². The van der Waals surface area contributed by atoms with Gasteiger partial charge in [0.05, 0.1) is 23.4 Å². The number of fused-ring (bicyclic) bond motifs is 1. The van der Waals surface area contributed by atoms with Crippen LogP contribution >= 0.6 is 0 Å². The summed E-state index contributed by atoms with van der Waals surface area (Å²) in [4.78, 5) is 23.0. The van der Waals surface area contributed by atoms with Crippen molar-refractivity contribution in [3.63, 3.8) is 0 Å². The van der Waals surface area contributed by atoms with E-state index >= 15 is 0 Å². The van der Waals surface area contributed by atoms with E-state index in [1.165, 1.54) is 5.69 Å². The number of benzene rings is 1. The van der Waals surface area contributed by atoms with Gasteiger partial charge in [0, 0.05) is 43.6 Å². The van der Waals surface area contributed by atoms with Crippen molar-refractivity contribution < 1.29 is 9.21 Å². The molecule has 1 fully saturated rings. The number of piperazine rings is 1. The van der Waals surface area contributed by atoms with Gasteiger partial charge in [-0.1, -0.05) is 6.92 Å². The molecule has 0 atom stereocenters. The first-order valence-corrected chi connectivity index (χ1v) is 11.8. The molecule has 8 nitrogen and oxygen atoms in total. The monoisotopic (exact) mass is 458 g/mol. The van der Waals surface area contributed by atoms with E-state index in [1.54, 1.807) is 18.5 Å². The van der Waals surface area contributed by atoms with Gasteiger partial charge >= 0.3 is 0 Å². The molecule has 1 N–H and O–H groups in total. The Balaban J connectivity index is 1.40. The highest BCUT2D eigenvalue weighted by Crippen LogP contribution is 2.28. The molecule has 1 aliphatic heterocycles. The highest BCUT2D eigenvalue weighted by atomic mass is 16.3. The van der Waals surface area contributed by atoms with Crippen LogP contribution in [0.3, 0.4) is 0 Å². The average molecular weight is 459 g/mol. The predicted octanol–water partition coefficient (Wildman–Crippen LogP) is 4.67. The Morgan fingerprint density at radius 2 is 1.88 bits per heavy atom. The number of hydrogen-bond donors (Lipinski definition) is 1. The Hall–Kier alpha value is -3.65.